The van der Waals surface area contributed by atoms with Crippen molar-refractivity contribution in [2.45, 2.75) is 19.4 Å². The lowest BCUT2D eigenvalue weighted by atomic mass is 10.2. The van der Waals surface area contributed by atoms with Crippen LogP contribution in [-0.2, 0) is 0 Å². The first-order valence-electron chi connectivity index (χ1n) is 4.95. The van der Waals surface area contributed by atoms with E-state index in [1.165, 1.54) is 0 Å². The molecule has 5 heteroatoms. The Morgan fingerprint density at radius 2 is 2.31 bits per heavy atom. The highest BCUT2D eigenvalue weighted by atomic mass is 79.9. The Morgan fingerprint density at radius 3 is 2.81 bits per heavy atom. The molecule has 0 aromatic heterocycles. The zero-order chi connectivity index (χ0) is 12.1. The summed E-state index contributed by atoms with van der Waals surface area (Å²) in [5.74, 6) is -0.265. The van der Waals surface area contributed by atoms with Crippen molar-refractivity contribution in [3.63, 3.8) is 0 Å². The summed E-state index contributed by atoms with van der Waals surface area (Å²) in [6, 6.07) is 4.83. The van der Waals surface area contributed by atoms with Crippen LogP contribution in [0.15, 0.2) is 22.7 Å². The second kappa shape index (κ2) is 6.23. The number of amides is 1. The number of aliphatic hydroxyl groups excluding tert-OH is 1. The molecule has 88 valence electrons. The van der Waals surface area contributed by atoms with Crippen LogP contribution < -0.4 is 5.32 Å². The minimum absolute atomic E-state index is 0.0730. The molecule has 0 spiro atoms. The van der Waals surface area contributed by atoms with Gasteiger partial charge in [-0.3, -0.25) is 4.79 Å². The molecule has 0 aliphatic heterocycles. The lowest BCUT2D eigenvalue weighted by Gasteiger charge is -2.14. The number of nitrogens with one attached hydrogen (secondary N) is 1. The van der Waals surface area contributed by atoms with Crippen LogP contribution in [0.2, 0.25) is 5.02 Å². The van der Waals surface area contributed by atoms with Crippen molar-refractivity contribution in [3.8, 4) is 0 Å². The maximum atomic E-state index is 11.8. The molecule has 0 aliphatic rings. The summed E-state index contributed by atoms with van der Waals surface area (Å²) in [7, 11) is 0. The summed E-state index contributed by atoms with van der Waals surface area (Å²) in [5, 5.41) is 12.1. The Bertz CT molecular complexity index is 380. The van der Waals surface area contributed by atoms with E-state index in [9.17, 15) is 4.79 Å². The van der Waals surface area contributed by atoms with Gasteiger partial charge in [-0.25, -0.2) is 0 Å². The average Bonchev–Trinajstić information content (AvgIpc) is 2.25. The van der Waals surface area contributed by atoms with Gasteiger partial charge >= 0.3 is 0 Å². The smallest absolute Gasteiger partial charge is 0.253 e. The molecule has 0 aliphatic carbocycles. The van der Waals surface area contributed by atoms with Gasteiger partial charge in [0.15, 0.2) is 0 Å². The molecule has 3 nitrogen and oxygen atoms in total. The predicted octanol–water partition coefficient (Wildman–Crippen LogP) is 2.60. The highest BCUT2D eigenvalue weighted by Crippen LogP contribution is 2.21. The van der Waals surface area contributed by atoms with Crippen molar-refractivity contribution in [1.82, 2.24) is 5.32 Å². The Labute approximate surface area is 108 Å². The van der Waals surface area contributed by atoms with E-state index >= 15 is 0 Å². The third-order valence-corrected chi connectivity index (χ3v) is 3.03. The van der Waals surface area contributed by atoms with E-state index in [0.717, 1.165) is 4.47 Å². The molecule has 0 bridgehead atoms. The number of rotatable bonds is 4. The van der Waals surface area contributed by atoms with E-state index in [4.69, 9.17) is 16.7 Å². The van der Waals surface area contributed by atoms with Gasteiger partial charge in [0.1, 0.15) is 0 Å². The highest BCUT2D eigenvalue weighted by molar-refractivity contribution is 9.10. The topological polar surface area (TPSA) is 49.3 Å². The third-order valence-electron chi connectivity index (χ3n) is 2.22. The van der Waals surface area contributed by atoms with Crippen LogP contribution >= 0.6 is 27.5 Å². The lowest BCUT2D eigenvalue weighted by Crippen LogP contribution is -2.37. The number of hydrogen-bond donors (Lipinski definition) is 2. The largest absolute Gasteiger partial charge is 0.394 e. The van der Waals surface area contributed by atoms with Gasteiger partial charge in [0.25, 0.3) is 5.91 Å². The number of benzene rings is 1. The van der Waals surface area contributed by atoms with Crippen LogP contribution in [0.25, 0.3) is 0 Å². The maximum Gasteiger partial charge on any atom is 0.253 e. The molecule has 0 unspecified atom stereocenters. The predicted molar refractivity (Wildman–Crippen MR) is 67.8 cm³/mol. The summed E-state index contributed by atoms with van der Waals surface area (Å²) >= 11 is 9.21. The fourth-order valence-electron chi connectivity index (χ4n) is 1.21. The zero-order valence-corrected chi connectivity index (χ0v) is 11.2. The second-order valence-corrected chi connectivity index (χ2v) is 4.71. The van der Waals surface area contributed by atoms with Crippen molar-refractivity contribution in [1.29, 1.82) is 0 Å². The quantitative estimate of drug-likeness (QED) is 0.898. The summed E-state index contributed by atoms with van der Waals surface area (Å²) < 4.78 is 0.822. The third kappa shape index (κ3) is 3.47. The molecular formula is C11H13BrClNO2. The van der Waals surface area contributed by atoms with E-state index < -0.39 is 0 Å². The van der Waals surface area contributed by atoms with Gasteiger partial charge in [0, 0.05) is 4.47 Å². The molecule has 0 radical (unpaired) electrons. The van der Waals surface area contributed by atoms with E-state index in [1.54, 1.807) is 18.2 Å². The minimum atomic E-state index is -0.265. The number of carbonyl (C=O) groups excluding carboxylic acids is 1. The van der Waals surface area contributed by atoms with Crippen molar-refractivity contribution < 1.29 is 9.90 Å². The van der Waals surface area contributed by atoms with E-state index in [0.29, 0.717) is 17.0 Å². The molecule has 2 N–H and O–H groups in total. The van der Waals surface area contributed by atoms with Gasteiger partial charge in [0.05, 0.1) is 23.2 Å². The molecule has 1 amide bonds. The number of aliphatic hydroxyl groups is 1. The Kier molecular flexibility index (Phi) is 5.25. The molecular weight excluding hydrogens is 293 g/mol. The van der Waals surface area contributed by atoms with E-state index in [1.807, 2.05) is 6.92 Å². The molecule has 1 aromatic rings. The number of hydrogen-bond acceptors (Lipinski definition) is 2. The molecule has 1 aromatic carbocycles. The van der Waals surface area contributed by atoms with Crippen LogP contribution in [0.3, 0.4) is 0 Å². The van der Waals surface area contributed by atoms with Crippen LogP contribution in [0.5, 0.6) is 0 Å². The Morgan fingerprint density at radius 1 is 1.62 bits per heavy atom. The first-order valence-corrected chi connectivity index (χ1v) is 6.12. The fourth-order valence-corrected chi connectivity index (χ4v) is 1.97. The first-order chi connectivity index (χ1) is 7.58. The highest BCUT2D eigenvalue weighted by Gasteiger charge is 2.14. The summed E-state index contributed by atoms with van der Waals surface area (Å²) in [6.07, 6.45) is 0.677. The number of carbonyl (C=O) groups is 1. The van der Waals surface area contributed by atoms with Crippen LogP contribution in [-0.4, -0.2) is 23.7 Å². The summed E-state index contributed by atoms with van der Waals surface area (Å²) in [5.41, 5.74) is 0.414. The van der Waals surface area contributed by atoms with Crippen molar-refractivity contribution in [2.75, 3.05) is 6.61 Å². The van der Waals surface area contributed by atoms with Crippen LogP contribution in [0.4, 0.5) is 0 Å². The molecule has 16 heavy (non-hydrogen) atoms. The molecule has 0 saturated carbocycles. The maximum absolute atomic E-state index is 11.8. The van der Waals surface area contributed by atoms with Crippen molar-refractivity contribution in [3.05, 3.63) is 33.3 Å². The van der Waals surface area contributed by atoms with Gasteiger partial charge in [-0.15, -0.1) is 0 Å². The lowest BCUT2D eigenvalue weighted by molar-refractivity contribution is 0.0915. The van der Waals surface area contributed by atoms with E-state index in [-0.39, 0.29) is 18.6 Å². The molecule has 0 saturated heterocycles. The summed E-state index contributed by atoms with van der Waals surface area (Å²) in [6.45, 7) is 1.82. The molecule has 1 atom stereocenters. The molecule has 0 fully saturated rings. The van der Waals surface area contributed by atoms with Gasteiger partial charge in [-0.1, -0.05) is 34.5 Å². The average molecular weight is 307 g/mol. The fraction of sp³-hybridized carbons (Fsp3) is 0.364. The van der Waals surface area contributed by atoms with Crippen molar-refractivity contribution in [2.24, 2.45) is 0 Å². The standard InChI is InChI=1S/C11H13BrClNO2/c1-2-8(6-15)14-11(16)9-4-3-7(12)5-10(9)13/h3-5,8,15H,2,6H2,1H3,(H,14,16)/t8-/m1/s1. The van der Waals surface area contributed by atoms with Gasteiger partial charge in [0.2, 0.25) is 0 Å². The second-order valence-electron chi connectivity index (χ2n) is 3.39. The number of halogens is 2. The molecule has 0 heterocycles. The summed E-state index contributed by atoms with van der Waals surface area (Å²) in [4.78, 5) is 11.8. The zero-order valence-electron chi connectivity index (χ0n) is 8.84. The Hall–Kier alpha value is -0.580. The monoisotopic (exact) mass is 305 g/mol. The molecule has 1 rings (SSSR count). The van der Waals surface area contributed by atoms with Gasteiger partial charge in [-0.2, -0.15) is 0 Å². The van der Waals surface area contributed by atoms with Gasteiger partial charge in [-0.05, 0) is 24.6 Å². The van der Waals surface area contributed by atoms with Crippen LogP contribution in [0.1, 0.15) is 23.7 Å². The van der Waals surface area contributed by atoms with Crippen molar-refractivity contribution >= 4 is 33.4 Å². The van der Waals surface area contributed by atoms with Crippen LogP contribution in [0, 0.1) is 0 Å². The minimum Gasteiger partial charge on any atom is -0.394 e. The first kappa shape index (κ1) is 13.5. The SMILES string of the molecule is CC[C@H](CO)NC(=O)c1ccc(Br)cc1Cl. The normalized spacial score (nSPS) is 12.2. The van der Waals surface area contributed by atoms with E-state index in [2.05, 4.69) is 21.2 Å². The Balaban J connectivity index is 2.80. The van der Waals surface area contributed by atoms with Gasteiger partial charge < -0.3 is 10.4 Å².